The fourth-order valence-corrected chi connectivity index (χ4v) is 3.15. The van der Waals surface area contributed by atoms with Crippen molar-refractivity contribution in [3.63, 3.8) is 0 Å². The van der Waals surface area contributed by atoms with Crippen LogP contribution in [-0.2, 0) is 22.4 Å². The van der Waals surface area contributed by atoms with E-state index in [0.29, 0.717) is 36.2 Å². The average molecular weight is 404 g/mol. The van der Waals surface area contributed by atoms with Crippen LogP contribution in [0.4, 0.5) is 5.13 Å². The molecule has 2 aromatic rings. The van der Waals surface area contributed by atoms with Gasteiger partial charge < -0.3 is 14.2 Å². The maximum atomic E-state index is 11.5. The number of nitrogens with zero attached hydrogens (tertiary/aromatic N) is 2. The number of anilines is 1. The molecule has 1 N–H and O–H groups in total. The van der Waals surface area contributed by atoms with Crippen LogP contribution in [-0.4, -0.2) is 37.5 Å². The van der Waals surface area contributed by atoms with Crippen molar-refractivity contribution in [2.24, 2.45) is 5.10 Å². The van der Waals surface area contributed by atoms with E-state index in [2.05, 4.69) is 22.1 Å². The molecule has 28 heavy (non-hydrogen) atoms. The highest BCUT2D eigenvalue weighted by Crippen LogP contribution is 2.33. The summed E-state index contributed by atoms with van der Waals surface area (Å²) in [5, 5.41) is 6.63. The molecule has 7 nitrogen and oxygen atoms in total. The Bertz CT molecular complexity index is 833. The highest BCUT2D eigenvalue weighted by molar-refractivity contribution is 7.13. The Labute approximate surface area is 169 Å². The summed E-state index contributed by atoms with van der Waals surface area (Å²) in [6.07, 6.45) is 4.30. The van der Waals surface area contributed by atoms with Crippen molar-refractivity contribution in [1.82, 2.24) is 4.98 Å². The smallest absolute Gasteiger partial charge is 0.311 e. The third-order valence-corrected chi connectivity index (χ3v) is 4.38. The molecule has 1 heterocycles. The van der Waals surface area contributed by atoms with Gasteiger partial charge in [0.05, 0.1) is 38.7 Å². The number of benzene rings is 1. The lowest BCUT2D eigenvalue weighted by Gasteiger charge is -2.14. The molecule has 0 aliphatic heterocycles. The Morgan fingerprint density at radius 2 is 2.18 bits per heavy atom. The summed E-state index contributed by atoms with van der Waals surface area (Å²) < 4.78 is 16.1. The Kier molecular flexibility index (Phi) is 8.48. The Morgan fingerprint density at radius 1 is 1.36 bits per heavy atom. The summed E-state index contributed by atoms with van der Waals surface area (Å²) in [5.74, 6) is 1.08. The third kappa shape index (κ3) is 6.09. The molecule has 150 valence electrons. The van der Waals surface area contributed by atoms with E-state index in [1.54, 1.807) is 25.6 Å². The van der Waals surface area contributed by atoms with Crippen molar-refractivity contribution in [2.75, 3.05) is 25.7 Å². The van der Waals surface area contributed by atoms with Crippen molar-refractivity contribution in [1.29, 1.82) is 0 Å². The molecule has 0 spiro atoms. The van der Waals surface area contributed by atoms with Crippen molar-refractivity contribution >= 4 is 28.7 Å². The molecule has 1 aromatic heterocycles. The molecule has 0 atom stereocenters. The van der Waals surface area contributed by atoms with Crippen LogP contribution in [0.25, 0.3) is 0 Å². The number of esters is 1. The molecule has 2 rings (SSSR count). The lowest BCUT2D eigenvalue weighted by molar-refractivity contribution is -0.142. The van der Waals surface area contributed by atoms with Crippen LogP contribution in [0.2, 0.25) is 0 Å². The molecule has 0 bridgehead atoms. The van der Waals surface area contributed by atoms with Gasteiger partial charge in [0.25, 0.3) is 0 Å². The molecule has 0 saturated carbocycles. The van der Waals surface area contributed by atoms with E-state index in [9.17, 15) is 4.79 Å². The minimum absolute atomic E-state index is 0.150. The van der Waals surface area contributed by atoms with Crippen LogP contribution in [0.1, 0.15) is 30.7 Å². The minimum Gasteiger partial charge on any atom is -0.493 e. The van der Waals surface area contributed by atoms with Crippen LogP contribution in [0.3, 0.4) is 0 Å². The van der Waals surface area contributed by atoms with E-state index in [1.807, 2.05) is 25.1 Å². The van der Waals surface area contributed by atoms with E-state index < -0.39 is 0 Å². The minimum atomic E-state index is -0.293. The SMILES string of the molecule is C=CCc1cc(C=NNc2nc(CC(=O)OCC)cs2)cc(OC)c1OCC. The second-order valence-corrected chi connectivity index (χ2v) is 6.49. The molecule has 0 radical (unpaired) electrons. The standard InChI is InChI=1S/C20H25N3O4S/c1-5-8-15-9-14(10-17(25-4)19(15)27-7-3)12-21-23-20-22-16(13-28-20)11-18(24)26-6-2/h5,9-10,12-13H,1,6-8,11H2,2-4H3,(H,22,23). The van der Waals surface area contributed by atoms with Crippen molar-refractivity contribution < 1.29 is 19.0 Å². The van der Waals surface area contributed by atoms with Crippen LogP contribution >= 0.6 is 11.3 Å². The van der Waals surface area contributed by atoms with Gasteiger partial charge in [-0.2, -0.15) is 5.10 Å². The van der Waals surface area contributed by atoms with Crippen LogP contribution < -0.4 is 14.9 Å². The van der Waals surface area contributed by atoms with E-state index >= 15 is 0 Å². The average Bonchev–Trinajstić information content (AvgIpc) is 3.11. The molecule has 1 aromatic carbocycles. The Balaban J connectivity index is 2.09. The van der Waals surface area contributed by atoms with E-state index in [4.69, 9.17) is 14.2 Å². The maximum Gasteiger partial charge on any atom is 0.311 e. The number of carbonyl (C=O) groups is 1. The molecule has 0 saturated heterocycles. The van der Waals surface area contributed by atoms with Gasteiger partial charge in [0, 0.05) is 10.9 Å². The van der Waals surface area contributed by atoms with Crippen LogP contribution in [0.15, 0.2) is 35.3 Å². The molecule has 8 heteroatoms. The summed E-state index contributed by atoms with van der Waals surface area (Å²) in [7, 11) is 1.61. The van der Waals surface area contributed by atoms with Crippen molar-refractivity contribution in [2.45, 2.75) is 26.7 Å². The number of nitrogens with one attached hydrogen (secondary N) is 1. The summed E-state index contributed by atoms with van der Waals surface area (Å²) >= 11 is 1.37. The zero-order valence-electron chi connectivity index (χ0n) is 16.4. The summed E-state index contributed by atoms with van der Waals surface area (Å²) in [5.41, 5.74) is 5.36. The third-order valence-electron chi connectivity index (χ3n) is 3.58. The normalized spacial score (nSPS) is 10.7. The first-order chi connectivity index (χ1) is 13.6. The van der Waals surface area contributed by atoms with Gasteiger partial charge in [-0.15, -0.1) is 17.9 Å². The number of thiazole rings is 1. The molecule has 0 fully saturated rings. The topological polar surface area (TPSA) is 82.0 Å². The number of allylic oxidation sites excluding steroid dienone is 1. The molecule has 0 aliphatic rings. The van der Waals surface area contributed by atoms with E-state index in [1.165, 1.54) is 11.3 Å². The van der Waals surface area contributed by atoms with Gasteiger partial charge in [-0.3, -0.25) is 10.2 Å². The summed E-state index contributed by atoms with van der Waals surface area (Å²) in [4.78, 5) is 15.8. The number of ether oxygens (including phenoxy) is 3. The number of aromatic nitrogens is 1. The lowest BCUT2D eigenvalue weighted by Crippen LogP contribution is -2.07. The van der Waals surface area contributed by atoms with Gasteiger partial charge in [0.15, 0.2) is 11.5 Å². The first-order valence-electron chi connectivity index (χ1n) is 8.94. The number of methoxy groups -OCH3 is 1. The summed E-state index contributed by atoms with van der Waals surface area (Å²) in [6, 6.07) is 3.84. The second-order valence-electron chi connectivity index (χ2n) is 5.63. The predicted octanol–water partition coefficient (Wildman–Crippen LogP) is 3.83. The number of carbonyl (C=O) groups excluding carboxylic acids is 1. The van der Waals surface area contributed by atoms with Crippen molar-refractivity contribution in [3.05, 3.63) is 47.0 Å². The highest BCUT2D eigenvalue weighted by Gasteiger charge is 2.12. The monoisotopic (exact) mass is 403 g/mol. The van der Waals surface area contributed by atoms with E-state index in [0.717, 1.165) is 16.9 Å². The van der Waals surface area contributed by atoms with Gasteiger partial charge in [0.2, 0.25) is 5.13 Å². The fraction of sp³-hybridized carbons (Fsp3) is 0.350. The second kappa shape index (κ2) is 11.1. The highest BCUT2D eigenvalue weighted by atomic mass is 32.1. The zero-order valence-corrected chi connectivity index (χ0v) is 17.2. The number of hydrazone groups is 1. The van der Waals surface area contributed by atoms with Gasteiger partial charge in [-0.25, -0.2) is 4.98 Å². The van der Waals surface area contributed by atoms with Gasteiger partial charge in [-0.05, 0) is 38.0 Å². The molecular weight excluding hydrogens is 378 g/mol. The largest absolute Gasteiger partial charge is 0.493 e. The van der Waals surface area contributed by atoms with E-state index in [-0.39, 0.29) is 12.4 Å². The van der Waals surface area contributed by atoms with Crippen molar-refractivity contribution in [3.8, 4) is 11.5 Å². The van der Waals surface area contributed by atoms with Gasteiger partial charge in [0.1, 0.15) is 0 Å². The number of hydrogen-bond acceptors (Lipinski definition) is 8. The quantitative estimate of drug-likeness (QED) is 0.266. The molecule has 0 aliphatic carbocycles. The van der Waals surface area contributed by atoms with Gasteiger partial charge in [-0.1, -0.05) is 6.08 Å². The predicted molar refractivity (Wildman–Crippen MR) is 112 cm³/mol. The Morgan fingerprint density at radius 3 is 2.86 bits per heavy atom. The summed E-state index contributed by atoms with van der Waals surface area (Å²) in [6.45, 7) is 8.41. The molecular formula is C20H25N3O4S. The van der Waals surface area contributed by atoms with Crippen LogP contribution in [0, 0.1) is 0 Å². The Hall–Kier alpha value is -2.87. The number of hydrogen-bond donors (Lipinski definition) is 1. The molecule has 0 amide bonds. The molecule has 0 unspecified atom stereocenters. The van der Waals surface area contributed by atoms with Gasteiger partial charge >= 0.3 is 5.97 Å². The zero-order chi connectivity index (χ0) is 20.4. The fourth-order valence-electron chi connectivity index (χ4n) is 2.49. The first kappa shape index (κ1) is 21.4. The van der Waals surface area contributed by atoms with Crippen LogP contribution in [0.5, 0.6) is 11.5 Å². The first-order valence-corrected chi connectivity index (χ1v) is 9.82. The number of rotatable bonds is 11. The lowest BCUT2D eigenvalue weighted by atomic mass is 10.1. The maximum absolute atomic E-state index is 11.5.